The molecule has 1 aliphatic carbocycles. The first-order valence-electron chi connectivity index (χ1n) is 7.48. The van der Waals surface area contributed by atoms with Gasteiger partial charge in [0.2, 0.25) is 0 Å². The number of halogens is 2. The Balaban J connectivity index is 1.56. The number of carbonyl (C=O) groups excluding carboxylic acids is 2. The Morgan fingerprint density at radius 2 is 1.71 bits per heavy atom. The Morgan fingerprint density at radius 3 is 2.29 bits per heavy atom. The van der Waals surface area contributed by atoms with Crippen LogP contribution in [0.2, 0.25) is 5.02 Å². The lowest BCUT2D eigenvalue weighted by Gasteiger charge is -2.15. The predicted molar refractivity (Wildman–Crippen MR) is 96.1 cm³/mol. The fourth-order valence-corrected chi connectivity index (χ4v) is 2.89. The van der Waals surface area contributed by atoms with Gasteiger partial charge in [0.25, 0.3) is 5.91 Å². The summed E-state index contributed by atoms with van der Waals surface area (Å²) in [5.74, 6) is -0.728. The second kappa shape index (κ2) is 6.95. The summed E-state index contributed by atoms with van der Waals surface area (Å²) in [6, 6.07) is 14.3. The number of anilines is 1. The van der Waals surface area contributed by atoms with E-state index in [0.717, 1.165) is 22.9 Å². The van der Waals surface area contributed by atoms with Crippen molar-refractivity contribution in [2.75, 3.05) is 11.9 Å². The van der Waals surface area contributed by atoms with Gasteiger partial charge in [-0.25, -0.2) is 0 Å². The largest absolute Gasteiger partial charge is 0.455 e. The van der Waals surface area contributed by atoms with Crippen molar-refractivity contribution in [1.29, 1.82) is 0 Å². The summed E-state index contributed by atoms with van der Waals surface area (Å²) in [7, 11) is 0. The lowest BCUT2D eigenvalue weighted by Crippen LogP contribution is -2.28. The van der Waals surface area contributed by atoms with Crippen molar-refractivity contribution >= 4 is 45.1 Å². The van der Waals surface area contributed by atoms with Crippen LogP contribution in [-0.4, -0.2) is 18.5 Å². The zero-order chi connectivity index (χ0) is 17.2. The molecule has 1 N–H and O–H groups in total. The summed E-state index contributed by atoms with van der Waals surface area (Å²) in [6.45, 7) is -0.301. The summed E-state index contributed by atoms with van der Waals surface area (Å²) in [5, 5.41) is 3.31. The number of ether oxygens (including phenoxy) is 1. The molecule has 1 saturated carbocycles. The summed E-state index contributed by atoms with van der Waals surface area (Å²) >= 11 is 9.21. The maximum Gasteiger partial charge on any atom is 0.317 e. The van der Waals surface area contributed by atoms with Crippen LogP contribution in [-0.2, 0) is 19.7 Å². The highest BCUT2D eigenvalue weighted by Crippen LogP contribution is 2.49. The molecule has 24 heavy (non-hydrogen) atoms. The number of hydrogen-bond acceptors (Lipinski definition) is 3. The third-order valence-corrected chi connectivity index (χ3v) is 4.78. The molecule has 0 unspecified atom stereocenters. The molecule has 4 nitrogen and oxygen atoms in total. The Hall–Kier alpha value is -1.85. The number of hydrogen-bond donors (Lipinski definition) is 1. The molecule has 0 spiro atoms. The van der Waals surface area contributed by atoms with Crippen LogP contribution >= 0.6 is 27.5 Å². The molecule has 1 amide bonds. The quantitative estimate of drug-likeness (QED) is 0.750. The SMILES string of the molecule is O=C(COC(=O)C1(c2ccc(Cl)cc2)CC1)Nc1ccc(Br)cc1. The zero-order valence-electron chi connectivity index (χ0n) is 12.7. The molecule has 0 aliphatic heterocycles. The molecule has 0 atom stereocenters. The molecule has 124 valence electrons. The maximum absolute atomic E-state index is 12.4. The van der Waals surface area contributed by atoms with Crippen LogP contribution in [0.3, 0.4) is 0 Å². The van der Waals surface area contributed by atoms with Crippen LogP contribution in [0.1, 0.15) is 18.4 Å². The van der Waals surface area contributed by atoms with Gasteiger partial charge in [-0.15, -0.1) is 0 Å². The minimum atomic E-state index is -0.623. The van der Waals surface area contributed by atoms with Crippen LogP contribution in [0.5, 0.6) is 0 Å². The van der Waals surface area contributed by atoms with Crippen molar-refractivity contribution < 1.29 is 14.3 Å². The smallest absolute Gasteiger partial charge is 0.317 e. The average molecular weight is 409 g/mol. The van der Waals surface area contributed by atoms with Crippen LogP contribution in [0.4, 0.5) is 5.69 Å². The predicted octanol–water partition coefficient (Wildman–Crippen LogP) is 4.32. The van der Waals surface area contributed by atoms with Crippen molar-refractivity contribution in [3.05, 3.63) is 63.6 Å². The molecule has 2 aromatic rings. The van der Waals surface area contributed by atoms with E-state index in [1.54, 1.807) is 24.3 Å². The van der Waals surface area contributed by atoms with Crippen LogP contribution < -0.4 is 5.32 Å². The lowest BCUT2D eigenvalue weighted by atomic mass is 9.96. The van der Waals surface area contributed by atoms with Gasteiger partial charge in [-0.2, -0.15) is 0 Å². The fourth-order valence-electron chi connectivity index (χ4n) is 2.50. The zero-order valence-corrected chi connectivity index (χ0v) is 15.1. The first-order valence-corrected chi connectivity index (χ1v) is 8.65. The van der Waals surface area contributed by atoms with Gasteiger partial charge in [-0.3, -0.25) is 9.59 Å². The summed E-state index contributed by atoms with van der Waals surface area (Å²) in [6.07, 6.45) is 1.45. The summed E-state index contributed by atoms with van der Waals surface area (Å²) in [4.78, 5) is 24.3. The van der Waals surface area contributed by atoms with Gasteiger partial charge in [-0.1, -0.05) is 39.7 Å². The van der Waals surface area contributed by atoms with Crippen LogP contribution in [0, 0.1) is 0 Å². The molecular formula is C18H15BrClNO3. The topological polar surface area (TPSA) is 55.4 Å². The molecule has 0 aromatic heterocycles. The number of nitrogens with one attached hydrogen (secondary N) is 1. The average Bonchev–Trinajstić information content (AvgIpc) is 3.37. The molecule has 0 bridgehead atoms. The van der Waals surface area contributed by atoms with Gasteiger partial charge in [0.1, 0.15) is 0 Å². The van der Waals surface area contributed by atoms with Gasteiger partial charge >= 0.3 is 5.97 Å². The van der Waals surface area contributed by atoms with E-state index in [0.29, 0.717) is 10.7 Å². The first-order chi connectivity index (χ1) is 11.5. The number of carbonyl (C=O) groups is 2. The Labute approximate surface area is 153 Å². The number of benzene rings is 2. The van der Waals surface area contributed by atoms with Crippen molar-refractivity contribution in [2.45, 2.75) is 18.3 Å². The first kappa shape index (κ1) is 17.0. The molecule has 1 aliphatic rings. The molecular weight excluding hydrogens is 394 g/mol. The Kier molecular flexibility index (Phi) is 4.92. The maximum atomic E-state index is 12.4. The molecule has 0 heterocycles. The van der Waals surface area contributed by atoms with Crippen molar-refractivity contribution in [3.63, 3.8) is 0 Å². The summed E-state index contributed by atoms with van der Waals surface area (Å²) in [5.41, 5.74) is 0.908. The highest BCUT2D eigenvalue weighted by molar-refractivity contribution is 9.10. The van der Waals surface area contributed by atoms with E-state index >= 15 is 0 Å². The van der Waals surface area contributed by atoms with Crippen LogP contribution in [0.15, 0.2) is 53.0 Å². The van der Waals surface area contributed by atoms with E-state index in [-0.39, 0.29) is 18.5 Å². The Morgan fingerprint density at radius 1 is 1.08 bits per heavy atom. The van der Waals surface area contributed by atoms with Crippen molar-refractivity contribution in [1.82, 2.24) is 0 Å². The fraction of sp³-hybridized carbons (Fsp3) is 0.222. The third kappa shape index (κ3) is 3.79. The van der Waals surface area contributed by atoms with Gasteiger partial charge < -0.3 is 10.1 Å². The van der Waals surface area contributed by atoms with Gasteiger partial charge in [0.05, 0.1) is 5.41 Å². The molecule has 2 aromatic carbocycles. The normalized spacial score (nSPS) is 14.8. The van der Waals surface area contributed by atoms with Gasteiger partial charge in [-0.05, 0) is 54.8 Å². The van der Waals surface area contributed by atoms with E-state index in [2.05, 4.69) is 21.2 Å². The van der Waals surface area contributed by atoms with Gasteiger partial charge in [0, 0.05) is 15.2 Å². The van der Waals surface area contributed by atoms with E-state index in [1.807, 2.05) is 24.3 Å². The van der Waals surface area contributed by atoms with Crippen molar-refractivity contribution in [3.8, 4) is 0 Å². The third-order valence-electron chi connectivity index (χ3n) is 4.00. The number of amides is 1. The molecule has 0 saturated heterocycles. The molecule has 3 rings (SSSR count). The minimum Gasteiger partial charge on any atom is -0.455 e. The highest BCUT2D eigenvalue weighted by atomic mass is 79.9. The Bertz CT molecular complexity index is 755. The standard InChI is InChI=1S/C18H15BrClNO3/c19-13-3-7-15(8-4-13)21-16(22)11-24-17(23)18(9-10-18)12-1-5-14(20)6-2-12/h1-8H,9-11H2,(H,21,22). The van der Waals surface area contributed by atoms with Gasteiger partial charge in [0.15, 0.2) is 6.61 Å². The van der Waals surface area contributed by atoms with Crippen LogP contribution in [0.25, 0.3) is 0 Å². The number of esters is 1. The van der Waals surface area contributed by atoms with E-state index in [4.69, 9.17) is 16.3 Å². The second-order valence-corrected chi connectivity index (χ2v) is 7.07. The van der Waals surface area contributed by atoms with E-state index in [1.165, 1.54) is 0 Å². The minimum absolute atomic E-state index is 0.301. The monoisotopic (exact) mass is 407 g/mol. The van der Waals surface area contributed by atoms with E-state index < -0.39 is 5.41 Å². The van der Waals surface area contributed by atoms with Crippen molar-refractivity contribution in [2.24, 2.45) is 0 Å². The molecule has 0 radical (unpaired) electrons. The summed E-state index contributed by atoms with van der Waals surface area (Å²) < 4.78 is 6.14. The second-order valence-electron chi connectivity index (χ2n) is 5.72. The number of rotatable bonds is 5. The highest BCUT2D eigenvalue weighted by Gasteiger charge is 2.52. The molecule has 1 fully saturated rings. The van der Waals surface area contributed by atoms with E-state index in [9.17, 15) is 9.59 Å². The lowest BCUT2D eigenvalue weighted by molar-refractivity contribution is -0.150. The molecule has 6 heteroatoms.